The topological polar surface area (TPSA) is 41.2 Å². The molecule has 2 aromatic rings. The lowest BCUT2D eigenvalue weighted by Crippen LogP contribution is -2.36. The smallest absolute Gasteiger partial charge is 0.0642 e. The molecule has 0 bridgehead atoms. The number of morpholine rings is 1. The molecule has 3 rings (SSSR count). The fourth-order valence-corrected chi connectivity index (χ4v) is 2.39. The van der Waals surface area contributed by atoms with Crippen LogP contribution >= 0.6 is 0 Å². The largest absolute Gasteiger partial charge is 0.378 e. The molecule has 98 valence electrons. The highest BCUT2D eigenvalue weighted by atomic mass is 16.5. The van der Waals surface area contributed by atoms with Crippen molar-refractivity contribution in [2.45, 2.75) is 0 Å². The van der Waals surface area contributed by atoms with Crippen LogP contribution in [0, 0.1) is 5.41 Å². The normalized spacial score (nSPS) is 15.5. The molecule has 0 atom stereocenters. The third kappa shape index (κ3) is 2.39. The summed E-state index contributed by atoms with van der Waals surface area (Å²) in [4.78, 5) is 2.33. The molecule has 1 fully saturated rings. The minimum absolute atomic E-state index is 0.803. The summed E-state index contributed by atoms with van der Waals surface area (Å²) in [5.41, 5.74) is 3.20. The Bertz CT molecular complexity index is 553. The Labute approximate surface area is 112 Å². The molecule has 0 amide bonds. The Morgan fingerprint density at radius 2 is 1.68 bits per heavy atom. The first-order valence-corrected chi connectivity index (χ1v) is 6.49. The SMILES string of the molecule is N=Cc1cccn1-c1ccc(N2CCOCC2)cc1. The van der Waals surface area contributed by atoms with E-state index < -0.39 is 0 Å². The summed E-state index contributed by atoms with van der Waals surface area (Å²) < 4.78 is 7.37. The summed E-state index contributed by atoms with van der Waals surface area (Å²) >= 11 is 0. The van der Waals surface area contributed by atoms with Gasteiger partial charge in [-0.05, 0) is 36.4 Å². The highest BCUT2D eigenvalue weighted by molar-refractivity contribution is 5.76. The van der Waals surface area contributed by atoms with Gasteiger partial charge in [0.1, 0.15) is 0 Å². The molecule has 0 aliphatic carbocycles. The van der Waals surface area contributed by atoms with Crippen molar-refractivity contribution in [3.63, 3.8) is 0 Å². The average molecular weight is 255 g/mol. The van der Waals surface area contributed by atoms with Crippen LogP contribution in [0.5, 0.6) is 0 Å². The van der Waals surface area contributed by atoms with Crippen molar-refractivity contribution < 1.29 is 4.74 Å². The van der Waals surface area contributed by atoms with Gasteiger partial charge in [-0.3, -0.25) is 0 Å². The molecule has 19 heavy (non-hydrogen) atoms. The van der Waals surface area contributed by atoms with Crippen LogP contribution in [0.25, 0.3) is 5.69 Å². The van der Waals surface area contributed by atoms with Crippen molar-refractivity contribution in [2.75, 3.05) is 31.2 Å². The molecule has 0 radical (unpaired) electrons. The van der Waals surface area contributed by atoms with Gasteiger partial charge < -0.3 is 19.6 Å². The predicted molar refractivity (Wildman–Crippen MR) is 76.7 cm³/mol. The van der Waals surface area contributed by atoms with E-state index >= 15 is 0 Å². The van der Waals surface area contributed by atoms with E-state index in [0.717, 1.165) is 37.7 Å². The van der Waals surface area contributed by atoms with E-state index in [0.29, 0.717) is 0 Å². The summed E-state index contributed by atoms with van der Waals surface area (Å²) in [7, 11) is 0. The number of ether oxygens (including phenoxy) is 1. The van der Waals surface area contributed by atoms with Crippen molar-refractivity contribution >= 4 is 11.9 Å². The Morgan fingerprint density at radius 1 is 1.00 bits per heavy atom. The molecule has 1 aliphatic rings. The van der Waals surface area contributed by atoms with Crippen LogP contribution in [0.2, 0.25) is 0 Å². The number of nitrogens with one attached hydrogen (secondary N) is 1. The molecule has 1 aromatic heterocycles. The second-order valence-corrected chi connectivity index (χ2v) is 4.56. The predicted octanol–water partition coefficient (Wildman–Crippen LogP) is 2.31. The minimum Gasteiger partial charge on any atom is -0.378 e. The Kier molecular flexibility index (Phi) is 3.33. The van der Waals surface area contributed by atoms with Gasteiger partial charge >= 0.3 is 0 Å². The molecule has 4 nitrogen and oxygen atoms in total. The van der Waals surface area contributed by atoms with E-state index in [-0.39, 0.29) is 0 Å². The van der Waals surface area contributed by atoms with Crippen LogP contribution in [-0.2, 0) is 4.74 Å². The molecule has 1 saturated heterocycles. The first-order chi connectivity index (χ1) is 9.38. The number of rotatable bonds is 3. The van der Waals surface area contributed by atoms with E-state index in [1.54, 1.807) is 0 Å². The second kappa shape index (κ2) is 5.28. The molecule has 2 heterocycles. The van der Waals surface area contributed by atoms with Crippen LogP contribution in [0.4, 0.5) is 5.69 Å². The lowest BCUT2D eigenvalue weighted by molar-refractivity contribution is 0.122. The summed E-state index contributed by atoms with van der Waals surface area (Å²) in [5, 5.41) is 7.39. The van der Waals surface area contributed by atoms with Crippen molar-refractivity contribution in [3.05, 3.63) is 48.3 Å². The quantitative estimate of drug-likeness (QED) is 0.855. The molecule has 1 aliphatic heterocycles. The molecule has 1 N–H and O–H groups in total. The van der Waals surface area contributed by atoms with Crippen LogP contribution in [0.1, 0.15) is 5.69 Å². The number of hydrogen-bond donors (Lipinski definition) is 1. The summed E-state index contributed by atoms with van der Waals surface area (Å²) in [6, 6.07) is 12.3. The second-order valence-electron chi connectivity index (χ2n) is 4.56. The summed E-state index contributed by atoms with van der Waals surface area (Å²) in [6.07, 6.45) is 3.35. The van der Waals surface area contributed by atoms with Gasteiger partial charge in [-0.2, -0.15) is 0 Å². The Morgan fingerprint density at radius 3 is 2.37 bits per heavy atom. The van der Waals surface area contributed by atoms with Crippen LogP contribution in [0.15, 0.2) is 42.6 Å². The van der Waals surface area contributed by atoms with Gasteiger partial charge in [0.2, 0.25) is 0 Å². The molecule has 0 unspecified atom stereocenters. The van der Waals surface area contributed by atoms with E-state index in [1.807, 2.05) is 22.9 Å². The van der Waals surface area contributed by atoms with Crippen LogP contribution < -0.4 is 4.90 Å². The average Bonchev–Trinajstić information content (AvgIpc) is 2.97. The van der Waals surface area contributed by atoms with Crippen molar-refractivity contribution in [1.29, 1.82) is 5.41 Å². The van der Waals surface area contributed by atoms with E-state index in [9.17, 15) is 0 Å². The fraction of sp³-hybridized carbons (Fsp3) is 0.267. The zero-order chi connectivity index (χ0) is 13.1. The van der Waals surface area contributed by atoms with Crippen molar-refractivity contribution in [2.24, 2.45) is 0 Å². The van der Waals surface area contributed by atoms with Crippen LogP contribution in [0.3, 0.4) is 0 Å². The number of benzene rings is 1. The summed E-state index contributed by atoms with van der Waals surface area (Å²) in [6.45, 7) is 3.51. The monoisotopic (exact) mass is 255 g/mol. The molecule has 0 saturated carbocycles. The number of aromatic nitrogens is 1. The van der Waals surface area contributed by atoms with E-state index in [4.69, 9.17) is 10.1 Å². The van der Waals surface area contributed by atoms with Gasteiger partial charge in [0.05, 0.1) is 18.9 Å². The van der Waals surface area contributed by atoms with E-state index in [1.165, 1.54) is 11.9 Å². The number of nitrogens with zero attached hydrogens (tertiary/aromatic N) is 2. The molecular weight excluding hydrogens is 238 g/mol. The first kappa shape index (κ1) is 12.0. The molecule has 0 spiro atoms. The highest BCUT2D eigenvalue weighted by Gasteiger charge is 2.11. The van der Waals surface area contributed by atoms with Gasteiger partial charge in [0.15, 0.2) is 0 Å². The maximum Gasteiger partial charge on any atom is 0.0642 e. The van der Waals surface area contributed by atoms with Gasteiger partial charge in [0.25, 0.3) is 0 Å². The standard InChI is InChI=1S/C15H17N3O/c16-12-15-2-1-7-18(15)14-5-3-13(4-6-14)17-8-10-19-11-9-17/h1-7,12,16H,8-11H2. The van der Waals surface area contributed by atoms with Crippen molar-refractivity contribution in [1.82, 2.24) is 4.57 Å². The molecular formula is C15H17N3O. The zero-order valence-electron chi connectivity index (χ0n) is 10.7. The maximum absolute atomic E-state index is 7.39. The van der Waals surface area contributed by atoms with Gasteiger partial charge in [-0.15, -0.1) is 0 Å². The first-order valence-electron chi connectivity index (χ1n) is 6.49. The third-order valence-corrected chi connectivity index (χ3v) is 3.43. The Balaban J connectivity index is 1.84. The molecule has 4 heteroatoms. The fourth-order valence-electron chi connectivity index (χ4n) is 2.39. The van der Waals surface area contributed by atoms with Gasteiger partial charge in [0, 0.05) is 36.9 Å². The van der Waals surface area contributed by atoms with Crippen molar-refractivity contribution in [3.8, 4) is 5.69 Å². The van der Waals surface area contributed by atoms with Crippen LogP contribution in [-0.4, -0.2) is 37.1 Å². The Hall–Kier alpha value is -2.07. The number of hydrogen-bond acceptors (Lipinski definition) is 3. The summed E-state index contributed by atoms with van der Waals surface area (Å²) in [5.74, 6) is 0. The highest BCUT2D eigenvalue weighted by Crippen LogP contribution is 2.19. The zero-order valence-corrected chi connectivity index (χ0v) is 10.7. The number of anilines is 1. The lowest BCUT2D eigenvalue weighted by Gasteiger charge is -2.29. The lowest BCUT2D eigenvalue weighted by atomic mass is 10.2. The minimum atomic E-state index is 0.803. The third-order valence-electron chi connectivity index (χ3n) is 3.43. The van der Waals surface area contributed by atoms with E-state index in [2.05, 4.69) is 29.2 Å². The van der Waals surface area contributed by atoms with Gasteiger partial charge in [-0.25, -0.2) is 0 Å². The van der Waals surface area contributed by atoms with Gasteiger partial charge in [-0.1, -0.05) is 0 Å². The molecule has 1 aromatic carbocycles. The maximum atomic E-state index is 7.39.